The Balaban J connectivity index is 2.08. The molecule has 7 heteroatoms. The third-order valence-corrected chi connectivity index (χ3v) is 10.5. The topological polar surface area (TPSA) is 65.1 Å². The Labute approximate surface area is 175 Å². The number of carbonyl (C=O) groups is 2. The van der Waals surface area contributed by atoms with E-state index in [0.717, 1.165) is 12.0 Å². The van der Waals surface area contributed by atoms with Gasteiger partial charge in [-0.05, 0) is 36.5 Å². The maximum absolute atomic E-state index is 12.9. The highest BCUT2D eigenvalue weighted by Crippen LogP contribution is 2.38. The molecule has 1 aromatic carbocycles. The van der Waals surface area contributed by atoms with E-state index < -0.39 is 14.4 Å². The Kier molecular flexibility index (Phi) is 7.88. The van der Waals surface area contributed by atoms with E-state index in [1.165, 1.54) is 7.11 Å². The van der Waals surface area contributed by atoms with Crippen molar-refractivity contribution in [1.82, 2.24) is 4.90 Å². The first-order valence-electron chi connectivity index (χ1n) is 10.3. The van der Waals surface area contributed by atoms with Crippen molar-refractivity contribution in [2.75, 3.05) is 13.7 Å². The van der Waals surface area contributed by atoms with E-state index in [1.807, 2.05) is 30.3 Å². The van der Waals surface area contributed by atoms with Crippen LogP contribution < -0.4 is 0 Å². The first kappa shape index (κ1) is 23.4. The number of piperidine rings is 1. The van der Waals surface area contributed by atoms with Gasteiger partial charge in [-0.1, -0.05) is 51.1 Å². The zero-order valence-corrected chi connectivity index (χ0v) is 19.6. The van der Waals surface area contributed by atoms with Crippen LogP contribution in [0, 0.1) is 0 Å². The van der Waals surface area contributed by atoms with Gasteiger partial charge in [0.1, 0.15) is 6.61 Å². The third kappa shape index (κ3) is 6.57. The zero-order valence-electron chi connectivity index (χ0n) is 18.6. The van der Waals surface area contributed by atoms with E-state index in [2.05, 4.69) is 33.9 Å². The molecule has 2 atom stereocenters. The van der Waals surface area contributed by atoms with E-state index >= 15 is 0 Å². The van der Waals surface area contributed by atoms with E-state index in [9.17, 15) is 9.59 Å². The summed E-state index contributed by atoms with van der Waals surface area (Å²) in [6.45, 7) is 11.7. The lowest BCUT2D eigenvalue weighted by atomic mass is 9.98. The monoisotopic (exact) mass is 421 g/mol. The Bertz CT molecular complexity index is 686. The normalized spacial score (nSPS) is 20.3. The summed E-state index contributed by atoms with van der Waals surface area (Å²) in [6.07, 6.45) is 1.22. The van der Waals surface area contributed by atoms with Gasteiger partial charge in [0.15, 0.2) is 8.32 Å². The number of benzene rings is 1. The molecule has 2 rings (SSSR count). The fourth-order valence-corrected chi connectivity index (χ4v) is 4.58. The lowest BCUT2D eigenvalue weighted by Crippen LogP contribution is -2.54. The van der Waals surface area contributed by atoms with Crippen LogP contribution in [0.2, 0.25) is 18.1 Å². The highest BCUT2D eigenvalue weighted by atomic mass is 28.4. The summed E-state index contributed by atoms with van der Waals surface area (Å²) in [6, 6.07) is 9.34. The number of carbonyl (C=O) groups excluding carboxylic acids is 2. The summed E-state index contributed by atoms with van der Waals surface area (Å²) in [7, 11) is -0.591. The number of nitrogens with zero attached hydrogens (tertiary/aromatic N) is 1. The molecule has 0 N–H and O–H groups in total. The number of methoxy groups -OCH3 is 1. The van der Waals surface area contributed by atoms with E-state index in [4.69, 9.17) is 13.9 Å². The van der Waals surface area contributed by atoms with Crippen LogP contribution in [0.1, 0.15) is 45.6 Å². The van der Waals surface area contributed by atoms with Crippen molar-refractivity contribution in [3.05, 3.63) is 35.9 Å². The standard InChI is InChI=1S/C22H35NO5Si/c1-22(2,3)29(5,6)28-19-13-12-18(14-20(24)26-4)23(15-19)21(25)27-16-17-10-8-7-9-11-17/h7-11,18-19H,12-16H2,1-6H3/t18-,19-/m0/s1. The minimum Gasteiger partial charge on any atom is -0.469 e. The molecule has 0 bridgehead atoms. The molecule has 0 radical (unpaired) electrons. The van der Waals surface area contributed by atoms with E-state index in [0.29, 0.717) is 13.0 Å². The predicted molar refractivity (Wildman–Crippen MR) is 115 cm³/mol. The summed E-state index contributed by atoms with van der Waals surface area (Å²) in [5, 5.41) is 0.0918. The quantitative estimate of drug-likeness (QED) is 0.490. The van der Waals surface area contributed by atoms with Crippen molar-refractivity contribution in [3.63, 3.8) is 0 Å². The van der Waals surface area contributed by atoms with Crippen molar-refractivity contribution >= 4 is 20.4 Å². The van der Waals surface area contributed by atoms with Crippen LogP contribution in [-0.4, -0.2) is 51.1 Å². The van der Waals surface area contributed by atoms with Crippen molar-refractivity contribution < 1.29 is 23.5 Å². The fourth-order valence-electron chi connectivity index (χ4n) is 3.20. The lowest BCUT2D eigenvalue weighted by molar-refractivity contribution is -0.142. The largest absolute Gasteiger partial charge is 0.469 e. The van der Waals surface area contributed by atoms with Crippen molar-refractivity contribution in [1.29, 1.82) is 0 Å². The zero-order chi connectivity index (χ0) is 21.7. The predicted octanol–water partition coefficient (Wildman–Crippen LogP) is 4.74. The van der Waals surface area contributed by atoms with Gasteiger partial charge >= 0.3 is 12.1 Å². The molecule has 162 valence electrons. The second kappa shape index (κ2) is 9.76. The molecule has 0 saturated carbocycles. The van der Waals surface area contributed by atoms with Crippen LogP contribution in [0.15, 0.2) is 30.3 Å². The summed E-state index contributed by atoms with van der Waals surface area (Å²) in [4.78, 5) is 26.4. The molecule has 1 aromatic rings. The number of likely N-dealkylation sites (tertiary alicyclic amines) is 1. The molecule has 6 nitrogen and oxygen atoms in total. The van der Waals surface area contributed by atoms with E-state index in [-0.39, 0.29) is 36.2 Å². The molecule has 1 heterocycles. The number of hydrogen-bond acceptors (Lipinski definition) is 5. The molecule has 1 aliphatic rings. The average molecular weight is 422 g/mol. The SMILES string of the molecule is COC(=O)C[C@@H]1CC[C@H](O[Si](C)(C)C(C)(C)C)CN1C(=O)OCc1ccccc1. The van der Waals surface area contributed by atoms with Crippen molar-refractivity contribution in [3.8, 4) is 0 Å². The molecular weight excluding hydrogens is 386 g/mol. The van der Waals surface area contributed by atoms with Gasteiger partial charge in [-0.3, -0.25) is 4.79 Å². The maximum atomic E-state index is 12.9. The van der Waals surface area contributed by atoms with Gasteiger partial charge in [-0.15, -0.1) is 0 Å². The Morgan fingerprint density at radius 2 is 1.79 bits per heavy atom. The number of rotatable bonds is 6. The van der Waals surface area contributed by atoms with Gasteiger partial charge in [0.2, 0.25) is 0 Å². The van der Waals surface area contributed by atoms with Crippen LogP contribution in [0.3, 0.4) is 0 Å². The van der Waals surface area contributed by atoms with Gasteiger partial charge in [0.05, 0.1) is 19.6 Å². The number of esters is 1. The minimum atomic E-state index is -1.96. The first-order chi connectivity index (χ1) is 13.5. The molecule has 0 unspecified atom stereocenters. The molecular formula is C22H35NO5Si. The van der Waals surface area contributed by atoms with E-state index in [1.54, 1.807) is 4.90 Å². The molecule has 1 amide bonds. The number of amides is 1. The number of hydrogen-bond donors (Lipinski definition) is 0. The van der Waals surface area contributed by atoms with Gasteiger partial charge in [0.25, 0.3) is 0 Å². The van der Waals surface area contributed by atoms with Crippen LogP contribution in [0.25, 0.3) is 0 Å². The van der Waals surface area contributed by atoms with Crippen LogP contribution in [0.5, 0.6) is 0 Å². The highest BCUT2D eigenvalue weighted by molar-refractivity contribution is 6.74. The van der Waals surface area contributed by atoms with Crippen LogP contribution in [0.4, 0.5) is 4.79 Å². The second-order valence-corrected chi connectivity index (χ2v) is 14.0. The Morgan fingerprint density at radius 1 is 1.14 bits per heavy atom. The Morgan fingerprint density at radius 3 is 2.38 bits per heavy atom. The van der Waals surface area contributed by atoms with Crippen LogP contribution in [-0.2, 0) is 25.3 Å². The van der Waals surface area contributed by atoms with Gasteiger partial charge in [-0.25, -0.2) is 4.79 Å². The highest BCUT2D eigenvalue weighted by Gasteiger charge is 2.42. The van der Waals surface area contributed by atoms with Crippen molar-refractivity contribution in [2.24, 2.45) is 0 Å². The smallest absolute Gasteiger partial charge is 0.410 e. The number of ether oxygens (including phenoxy) is 2. The van der Waals surface area contributed by atoms with Gasteiger partial charge in [0, 0.05) is 12.6 Å². The Hall–Kier alpha value is -1.86. The molecule has 29 heavy (non-hydrogen) atoms. The summed E-state index contributed by atoms with van der Waals surface area (Å²) < 4.78 is 16.9. The first-order valence-corrected chi connectivity index (χ1v) is 13.2. The van der Waals surface area contributed by atoms with Crippen molar-refractivity contribution in [2.45, 2.75) is 76.9 Å². The molecule has 1 fully saturated rings. The molecule has 0 spiro atoms. The third-order valence-electron chi connectivity index (χ3n) is 6.00. The second-order valence-electron chi connectivity index (χ2n) is 9.20. The average Bonchev–Trinajstić information content (AvgIpc) is 2.66. The maximum Gasteiger partial charge on any atom is 0.410 e. The van der Waals surface area contributed by atoms with Gasteiger partial charge in [-0.2, -0.15) is 0 Å². The minimum absolute atomic E-state index is 0.0472. The molecule has 1 saturated heterocycles. The summed E-state index contributed by atoms with van der Waals surface area (Å²) in [5.41, 5.74) is 0.927. The molecule has 1 aliphatic heterocycles. The van der Waals surface area contributed by atoms with Gasteiger partial charge < -0.3 is 18.8 Å². The summed E-state index contributed by atoms with van der Waals surface area (Å²) in [5.74, 6) is -0.320. The lowest BCUT2D eigenvalue weighted by Gasteiger charge is -2.44. The molecule has 0 aliphatic carbocycles. The summed E-state index contributed by atoms with van der Waals surface area (Å²) >= 11 is 0. The fraction of sp³-hybridized carbons (Fsp3) is 0.636. The molecule has 0 aromatic heterocycles. The van der Waals surface area contributed by atoms with Crippen LogP contribution >= 0.6 is 0 Å².